The number of carboxylic acid groups (broad SMARTS) is 1. The van der Waals surface area contributed by atoms with Gasteiger partial charge in [-0.05, 0) is 19.1 Å². The third-order valence-corrected chi connectivity index (χ3v) is 1.74. The summed E-state index contributed by atoms with van der Waals surface area (Å²) >= 11 is 0. The molecule has 0 bridgehead atoms. The molecule has 0 radical (unpaired) electrons. The zero-order valence-corrected chi connectivity index (χ0v) is 7.78. The molecule has 1 rings (SSSR count). The molecule has 4 nitrogen and oxygen atoms in total. The standard InChI is InChI=1S/C10H11NO3/c1-2-11-9(12)7-5-3-4-6-8(7)10(13)14/h3-6H,2H2,1H3,(H,11,12)(H,13,14). The number of amides is 1. The highest BCUT2D eigenvalue weighted by molar-refractivity contribution is 6.04. The van der Waals surface area contributed by atoms with E-state index in [-0.39, 0.29) is 17.0 Å². The molecule has 0 heterocycles. The van der Waals surface area contributed by atoms with Crippen LogP contribution in [0, 0.1) is 0 Å². The number of benzene rings is 1. The van der Waals surface area contributed by atoms with Gasteiger partial charge in [0.25, 0.3) is 5.91 Å². The predicted octanol–water partition coefficient (Wildman–Crippen LogP) is 1.13. The van der Waals surface area contributed by atoms with E-state index < -0.39 is 5.97 Å². The number of carbonyl (C=O) groups is 2. The first kappa shape index (κ1) is 10.2. The van der Waals surface area contributed by atoms with Crippen LogP contribution in [0.3, 0.4) is 0 Å². The van der Waals surface area contributed by atoms with Crippen molar-refractivity contribution in [1.29, 1.82) is 0 Å². The van der Waals surface area contributed by atoms with Crippen LogP contribution < -0.4 is 5.32 Å². The largest absolute Gasteiger partial charge is 0.478 e. The van der Waals surface area contributed by atoms with Gasteiger partial charge in [-0.3, -0.25) is 4.79 Å². The van der Waals surface area contributed by atoms with E-state index in [4.69, 9.17) is 5.11 Å². The van der Waals surface area contributed by atoms with Gasteiger partial charge in [-0.25, -0.2) is 4.79 Å². The van der Waals surface area contributed by atoms with Crippen molar-refractivity contribution in [3.8, 4) is 0 Å². The molecule has 0 saturated heterocycles. The number of hydrogen-bond donors (Lipinski definition) is 2. The van der Waals surface area contributed by atoms with Crippen molar-refractivity contribution in [2.45, 2.75) is 6.92 Å². The molecular formula is C10H11NO3. The number of rotatable bonds is 3. The second kappa shape index (κ2) is 4.41. The minimum absolute atomic E-state index is 0.0263. The fourth-order valence-corrected chi connectivity index (χ4v) is 1.12. The van der Waals surface area contributed by atoms with Gasteiger partial charge in [-0.15, -0.1) is 0 Å². The summed E-state index contributed by atoms with van der Waals surface area (Å²) in [6, 6.07) is 6.13. The van der Waals surface area contributed by atoms with Crippen molar-refractivity contribution in [1.82, 2.24) is 5.32 Å². The number of carboxylic acids is 1. The fraction of sp³-hybridized carbons (Fsp3) is 0.200. The van der Waals surface area contributed by atoms with Gasteiger partial charge in [0.1, 0.15) is 0 Å². The quantitative estimate of drug-likeness (QED) is 0.756. The van der Waals surface area contributed by atoms with Crippen molar-refractivity contribution in [3.63, 3.8) is 0 Å². The van der Waals surface area contributed by atoms with Gasteiger partial charge in [-0.1, -0.05) is 12.1 Å². The smallest absolute Gasteiger partial charge is 0.336 e. The van der Waals surface area contributed by atoms with Crippen LogP contribution in [0.25, 0.3) is 0 Å². The number of carbonyl (C=O) groups excluding carboxylic acids is 1. The summed E-state index contributed by atoms with van der Waals surface area (Å²) in [7, 11) is 0. The number of aromatic carboxylic acids is 1. The Hall–Kier alpha value is -1.84. The van der Waals surface area contributed by atoms with E-state index in [0.717, 1.165) is 0 Å². The van der Waals surface area contributed by atoms with Crippen molar-refractivity contribution >= 4 is 11.9 Å². The summed E-state index contributed by atoms with van der Waals surface area (Å²) in [5.74, 6) is -1.45. The zero-order chi connectivity index (χ0) is 10.6. The molecule has 14 heavy (non-hydrogen) atoms. The third-order valence-electron chi connectivity index (χ3n) is 1.74. The molecule has 0 atom stereocenters. The van der Waals surface area contributed by atoms with Gasteiger partial charge in [0.2, 0.25) is 0 Å². The second-order valence-corrected chi connectivity index (χ2v) is 2.71. The van der Waals surface area contributed by atoms with Crippen LogP contribution in [0.2, 0.25) is 0 Å². The van der Waals surface area contributed by atoms with Crippen molar-refractivity contribution in [2.24, 2.45) is 0 Å². The average Bonchev–Trinajstić information content (AvgIpc) is 2.18. The Kier molecular flexibility index (Phi) is 3.23. The first-order valence-electron chi connectivity index (χ1n) is 4.27. The predicted molar refractivity (Wildman–Crippen MR) is 51.4 cm³/mol. The minimum Gasteiger partial charge on any atom is -0.478 e. The summed E-state index contributed by atoms with van der Waals surface area (Å²) in [5, 5.41) is 11.4. The molecule has 1 aromatic carbocycles. The van der Waals surface area contributed by atoms with Crippen LogP contribution in [0.15, 0.2) is 24.3 Å². The Morgan fingerprint density at radius 1 is 1.29 bits per heavy atom. The Labute approximate surface area is 81.6 Å². The molecular weight excluding hydrogens is 182 g/mol. The van der Waals surface area contributed by atoms with E-state index in [9.17, 15) is 9.59 Å². The molecule has 1 amide bonds. The SMILES string of the molecule is CCNC(=O)c1ccccc1C(=O)O. The molecule has 74 valence electrons. The molecule has 1 aromatic rings. The van der Waals surface area contributed by atoms with Crippen LogP contribution in [0.4, 0.5) is 0 Å². The first-order valence-corrected chi connectivity index (χ1v) is 4.27. The molecule has 0 spiro atoms. The highest BCUT2D eigenvalue weighted by atomic mass is 16.4. The average molecular weight is 193 g/mol. The van der Waals surface area contributed by atoms with Crippen molar-refractivity contribution < 1.29 is 14.7 Å². The lowest BCUT2D eigenvalue weighted by Gasteiger charge is -2.04. The van der Waals surface area contributed by atoms with Gasteiger partial charge < -0.3 is 10.4 Å². The lowest BCUT2D eigenvalue weighted by atomic mass is 10.1. The minimum atomic E-state index is -1.09. The van der Waals surface area contributed by atoms with Crippen LogP contribution in [0.5, 0.6) is 0 Å². The number of nitrogens with one attached hydrogen (secondary N) is 1. The molecule has 0 saturated carbocycles. The zero-order valence-electron chi connectivity index (χ0n) is 7.78. The monoisotopic (exact) mass is 193 g/mol. The summed E-state index contributed by atoms with van der Waals surface area (Å²) in [5.41, 5.74) is 0.223. The van der Waals surface area contributed by atoms with Crippen molar-refractivity contribution in [3.05, 3.63) is 35.4 Å². The van der Waals surface area contributed by atoms with E-state index in [1.54, 1.807) is 19.1 Å². The molecule has 0 fully saturated rings. The van der Waals surface area contributed by atoms with Gasteiger partial charge in [0, 0.05) is 6.54 Å². The van der Waals surface area contributed by atoms with Crippen LogP contribution in [0.1, 0.15) is 27.6 Å². The van der Waals surface area contributed by atoms with Crippen LogP contribution in [-0.2, 0) is 0 Å². The van der Waals surface area contributed by atoms with E-state index in [1.165, 1.54) is 12.1 Å². The van der Waals surface area contributed by atoms with E-state index in [2.05, 4.69) is 5.32 Å². The summed E-state index contributed by atoms with van der Waals surface area (Å²) in [6.45, 7) is 2.26. The summed E-state index contributed by atoms with van der Waals surface area (Å²) in [4.78, 5) is 22.1. The lowest BCUT2D eigenvalue weighted by Crippen LogP contribution is -2.24. The Morgan fingerprint density at radius 3 is 2.36 bits per heavy atom. The highest BCUT2D eigenvalue weighted by Crippen LogP contribution is 2.08. The normalized spacial score (nSPS) is 9.50. The lowest BCUT2D eigenvalue weighted by molar-refractivity contribution is 0.0691. The third kappa shape index (κ3) is 2.10. The fourth-order valence-electron chi connectivity index (χ4n) is 1.12. The van der Waals surface area contributed by atoms with Crippen molar-refractivity contribution in [2.75, 3.05) is 6.54 Å². The highest BCUT2D eigenvalue weighted by Gasteiger charge is 2.14. The molecule has 0 aromatic heterocycles. The maximum absolute atomic E-state index is 11.4. The van der Waals surface area contributed by atoms with Crippen LogP contribution >= 0.6 is 0 Å². The molecule has 0 unspecified atom stereocenters. The number of hydrogen-bond acceptors (Lipinski definition) is 2. The second-order valence-electron chi connectivity index (χ2n) is 2.71. The van der Waals surface area contributed by atoms with Gasteiger partial charge in [-0.2, -0.15) is 0 Å². The molecule has 0 aliphatic rings. The topological polar surface area (TPSA) is 66.4 Å². The van der Waals surface area contributed by atoms with Gasteiger partial charge >= 0.3 is 5.97 Å². The van der Waals surface area contributed by atoms with E-state index in [0.29, 0.717) is 6.54 Å². The van der Waals surface area contributed by atoms with E-state index >= 15 is 0 Å². The van der Waals surface area contributed by atoms with Crippen LogP contribution in [-0.4, -0.2) is 23.5 Å². The molecule has 2 N–H and O–H groups in total. The summed E-state index contributed by atoms with van der Waals surface area (Å²) in [6.07, 6.45) is 0. The Balaban J connectivity index is 3.07. The molecule has 4 heteroatoms. The molecule has 0 aliphatic carbocycles. The van der Waals surface area contributed by atoms with E-state index in [1.807, 2.05) is 0 Å². The molecule has 0 aliphatic heterocycles. The maximum atomic E-state index is 11.4. The maximum Gasteiger partial charge on any atom is 0.336 e. The Bertz CT molecular complexity index is 360. The summed E-state index contributed by atoms with van der Waals surface area (Å²) < 4.78 is 0. The van der Waals surface area contributed by atoms with Gasteiger partial charge in [0.05, 0.1) is 11.1 Å². The first-order chi connectivity index (χ1) is 6.66. The Morgan fingerprint density at radius 2 is 1.86 bits per heavy atom. The van der Waals surface area contributed by atoms with Gasteiger partial charge in [0.15, 0.2) is 0 Å².